The molecule has 24 heavy (non-hydrogen) atoms. The van der Waals surface area contributed by atoms with Gasteiger partial charge in [-0.05, 0) is 32.1 Å². The Hall–Kier alpha value is -1.95. The van der Waals surface area contributed by atoms with Crippen molar-refractivity contribution in [1.29, 1.82) is 0 Å². The minimum atomic E-state index is -0.216. The van der Waals surface area contributed by atoms with Crippen molar-refractivity contribution in [2.75, 3.05) is 0 Å². The van der Waals surface area contributed by atoms with E-state index < -0.39 is 0 Å². The van der Waals surface area contributed by atoms with Crippen LogP contribution in [-0.2, 0) is 16.1 Å². The van der Waals surface area contributed by atoms with Gasteiger partial charge in [-0.1, -0.05) is 25.5 Å². The topological polar surface area (TPSA) is 60.7 Å². The van der Waals surface area contributed by atoms with Crippen molar-refractivity contribution >= 4 is 22.3 Å². The molecule has 0 saturated heterocycles. The van der Waals surface area contributed by atoms with Crippen LogP contribution in [0.2, 0.25) is 0 Å². The molecule has 2 heterocycles. The normalized spacial score (nSPS) is 21.5. The summed E-state index contributed by atoms with van der Waals surface area (Å²) in [6.45, 7) is 10.1. The lowest BCUT2D eigenvalue weighted by Crippen LogP contribution is -2.17. The smallest absolute Gasteiger partial charge is 0.310 e. The fourth-order valence-electron chi connectivity index (χ4n) is 3.21. The zero-order valence-electron chi connectivity index (χ0n) is 14.6. The number of esters is 1. The van der Waals surface area contributed by atoms with Crippen molar-refractivity contribution in [2.24, 2.45) is 17.3 Å². The number of fused-ring (bicyclic) bond motifs is 1. The third kappa shape index (κ3) is 2.90. The van der Waals surface area contributed by atoms with Crippen LogP contribution in [0, 0.1) is 24.2 Å². The molecule has 0 bridgehead atoms. The van der Waals surface area contributed by atoms with Gasteiger partial charge in [0.2, 0.25) is 0 Å². The molecule has 1 saturated carbocycles. The first kappa shape index (κ1) is 16.9. The number of rotatable bonds is 4. The van der Waals surface area contributed by atoms with Crippen molar-refractivity contribution in [2.45, 2.75) is 41.2 Å². The van der Waals surface area contributed by atoms with Crippen molar-refractivity contribution in [3.8, 4) is 0 Å². The Bertz CT molecular complexity index is 887. The molecular weight excluding hydrogens is 324 g/mol. The highest BCUT2D eigenvalue weighted by atomic mass is 32.1. The van der Waals surface area contributed by atoms with E-state index in [9.17, 15) is 9.59 Å². The fraction of sp³-hybridized carbons (Fsp3) is 0.500. The molecule has 3 rings (SSSR count). The van der Waals surface area contributed by atoms with Crippen LogP contribution in [0.1, 0.15) is 39.1 Å². The summed E-state index contributed by atoms with van der Waals surface area (Å²) in [4.78, 5) is 29.5. The molecule has 1 aliphatic carbocycles. The fourth-order valence-corrected chi connectivity index (χ4v) is 4.10. The number of hydrogen-bond acceptors (Lipinski definition) is 5. The van der Waals surface area contributed by atoms with Crippen molar-refractivity contribution in [3.05, 3.63) is 44.8 Å². The van der Waals surface area contributed by atoms with Crippen molar-refractivity contribution < 1.29 is 9.53 Å². The predicted molar refractivity (Wildman–Crippen MR) is 94.1 cm³/mol. The van der Waals surface area contributed by atoms with Gasteiger partial charge in [0, 0.05) is 17.1 Å². The molecule has 0 spiro atoms. The highest BCUT2D eigenvalue weighted by Crippen LogP contribution is 2.59. The van der Waals surface area contributed by atoms with Gasteiger partial charge in [0.1, 0.15) is 6.61 Å². The summed E-state index contributed by atoms with van der Waals surface area (Å²) in [6.07, 6.45) is 2.14. The summed E-state index contributed by atoms with van der Waals surface area (Å²) in [5.74, 6) is -0.121. The molecule has 2 aromatic heterocycles. The second-order valence-corrected chi connectivity index (χ2v) is 8.09. The van der Waals surface area contributed by atoms with Crippen LogP contribution in [-0.4, -0.2) is 15.4 Å². The molecule has 1 aliphatic rings. The predicted octanol–water partition coefficient (Wildman–Crippen LogP) is 3.35. The number of carbonyl (C=O) groups excluding carboxylic acids is 1. The molecule has 0 unspecified atom stereocenters. The van der Waals surface area contributed by atoms with E-state index in [1.54, 1.807) is 4.40 Å². The van der Waals surface area contributed by atoms with E-state index >= 15 is 0 Å². The molecule has 0 N–H and O–H groups in total. The summed E-state index contributed by atoms with van der Waals surface area (Å²) in [5.41, 5.74) is 2.35. The molecule has 0 aliphatic heterocycles. The maximum atomic E-state index is 12.4. The lowest BCUT2D eigenvalue weighted by Gasteiger charge is -2.05. The lowest BCUT2D eigenvalue weighted by atomic mass is 10.1. The van der Waals surface area contributed by atoms with Gasteiger partial charge >= 0.3 is 5.97 Å². The molecule has 5 nitrogen and oxygen atoms in total. The standard InChI is InChI=1S/C18H22N2O3S/c1-10(2)6-13-15(18(13,4)5)16(22)23-8-12-7-14(21)20-11(3)9-24-17(20)19-12/h6-7,9,13,15H,8H2,1-5H3/t13-,15-/m1/s1. The van der Waals surface area contributed by atoms with Gasteiger partial charge in [-0.2, -0.15) is 0 Å². The Kier molecular flexibility index (Phi) is 4.11. The summed E-state index contributed by atoms with van der Waals surface area (Å²) in [6, 6.07) is 1.44. The van der Waals surface area contributed by atoms with Crippen LogP contribution in [0.15, 0.2) is 27.9 Å². The summed E-state index contributed by atoms with van der Waals surface area (Å²) >= 11 is 1.41. The Morgan fingerprint density at radius 2 is 2.17 bits per heavy atom. The molecule has 6 heteroatoms. The van der Waals surface area contributed by atoms with Gasteiger partial charge in [0.05, 0.1) is 11.6 Å². The summed E-state index contributed by atoms with van der Waals surface area (Å²) in [5, 5.41) is 1.89. The molecule has 2 aromatic rings. The Labute approximate surface area is 145 Å². The maximum absolute atomic E-state index is 12.4. The minimum Gasteiger partial charge on any atom is -0.459 e. The Morgan fingerprint density at radius 3 is 2.83 bits per heavy atom. The van der Waals surface area contributed by atoms with E-state index in [2.05, 4.69) is 24.9 Å². The SMILES string of the molecule is CC(C)=C[C@@H]1[C@H](C(=O)OCc2cc(=O)n3c(C)csc3n2)C1(C)C. The summed E-state index contributed by atoms with van der Waals surface area (Å²) in [7, 11) is 0. The van der Waals surface area contributed by atoms with Crippen LogP contribution >= 0.6 is 11.3 Å². The van der Waals surface area contributed by atoms with Gasteiger partial charge < -0.3 is 4.74 Å². The second kappa shape index (κ2) is 5.84. The number of allylic oxidation sites excluding steroid dienone is 2. The molecule has 0 aromatic carbocycles. The van der Waals surface area contributed by atoms with Crippen LogP contribution in [0.5, 0.6) is 0 Å². The minimum absolute atomic E-state index is 0.0373. The van der Waals surface area contributed by atoms with E-state index in [1.807, 2.05) is 26.2 Å². The quantitative estimate of drug-likeness (QED) is 0.629. The molecule has 0 amide bonds. The molecular formula is C18H22N2O3S. The van der Waals surface area contributed by atoms with Gasteiger partial charge in [0.25, 0.3) is 5.56 Å². The lowest BCUT2D eigenvalue weighted by molar-refractivity contribution is -0.147. The average Bonchev–Trinajstić information content (AvgIpc) is 2.82. The van der Waals surface area contributed by atoms with E-state index in [1.165, 1.54) is 23.0 Å². The molecule has 2 atom stereocenters. The van der Waals surface area contributed by atoms with E-state index in [4.69, 9.17) is 4.74 Å². The van der Waals surface area contributed by atoms with Gasteiger partial charge in [-0.15, -0.1) is 11.3 Å². The second-order valence-electron chi connectivity index (χ2n) is 7.26. The zero-order valence-corrected chi connectivity index (χ0v) is 15.4. The molecule has 128 valence electrons. The first-order chi connectivity index (χ1) is 11.2. The van der Waals surface area contributed by atoms with Gasteiger partial charge in [-0.25, -0.2) is 4.98 Å². The molecule has 1 fully saturated rings. The number of thiazole rings is 1. The number of aryl methyl sites for hydroxylation is 1. The number of carbonyl (C=O) groups is 1. The largest absolute Gasteiger partial charge is 0.459 e. The maximum Gasteiger partial charge on any atom is 0.310 e. The first-order valence-corrected chi connectivity index (χ1v) is 8.88. The third-order valence-electron chi connectivity index (χ3n) is 4.67. The highest BCUT2D eigenvalue weighted by molar-refractivity contribution is 7.15. The first-order valence-electron chi connectivity index (χ1n) is 8.00. The van der Waals surface area contributed by atoms with E-state index in [0.717, 1.165) is 5.69 Å². The zero-order chi connectivity index (χ0) is 17.6. The van der Waals surface area contributed by atoms with Gasteiger partial charge in [0.15, 0.2) is 4.96 Å². The van der Waals surface area contributed by atoms with Crippen LogP contribution in [0.4, 0.5) is 0 Å². The van der Waals surface area contributed by atoms with E-state index in [-0.39, 0.29) is 35.4 Å². The van der Waals surface area contributed by atoms with Crippen molar-refractivity contribution in [1.82, 2.24) is 9.38 Å². The Morgan fingerprint density at radius 1 is 1.46 bits per heavy atom. The van der Waals surface area contributed by atoms with Crippen LogP contribution in [0.3, 0.4) is 0 Å². The number of hydrogen-bond donors (Lipinski definition) is 0. The Balaban J connectivity index is 1.71. The van der Waals surface area contributed by atoms with Crippen LogP contribution < -0.4 is 5.56 Å². The monoisotopic (exact) mass is 346 g/mol. The number of aromatic nitrogens is 2. The molecule has 0 radical (unpaired) electrons. The average molecular weight is 346 g/mol. The van der Waals surface area contributed by atoms with Crippen molar-refractivity contribution in [3.63, 3.8) is 0 Å². The number of ether oxygens (including phenoxy) is 1. The van der Waals surface area contributed by atoms with Crippen LogP contribution in [0.25, 0.3) is 4.96 Å². The summed E-state index contributed by atoms with van der Waals surface area (Å²) < 4.78 is 7.00. The van der Waals surface area contributed by atoms with Gasteiger partial charge in [-0.3, -0.25) is 14.0 Å². The number of nitrogens with zero attached hydrogens (tertiary/aromatic N) is 2. The van der Waals surface area contributed by atoms with E-state index in [0.29, 0.717) is 10.7 Å². The highest BCUT2D eigenvalue weighted by Gasteiger charge is 2.61. The third-order valence-corrected chi connectivity index (χ3v) is 5.61.